The Labute approximate surface area is 287 Å². The molecule has 4 aromatic carbocycles. The summed E-state index contributed by atoms with van der Waals surface area (Å²) in [7, 11) is 1.57. The van der Waals surface area contributed by atoms with Gasteiger partial charge in [0.05, 0.1) is 41.7 Å². The molecule has 8 nitrogen and oxygen atoms in total. The first kappa shape index (κ1) is 32.2. The second kappa shape index (κ2) is 13.2. The number of thiazole rings is 1. The Morgan fingerprint density at radius 2 is 1.73 bits per heavy atom. The number of methoxy groups -OCH3 is 1. The molecule has 0 N–H and O–H groups in total. The van der Waals surface area contributed by atoms with Crippen molar-refractivity contribution < 1.29 is 19.0 Å². The van der Waals surface area contributed by atoms with Gasteiger partial charge in [0.25, 0.3) is 5.56 Å². The van der Waals surface area contributed by atoms with E-state index in [0.29, 0.717) is 44.2 Å². The fraction of sp³-hybridized carbons (Fsp3) is 0.225. The largest absolute Gasteiger partial charge is 0.493 e. The molecule has 0 amide bonds. The average Bonchev–Trinajstić information content (AvgIpc) is 3.60. The van der Waals surface area contributed by atoms with Gasteiger partial charge in [0.15, 0.2) is 16.3 Å². The van der Waals surface area contributed by atoms with Crippen LogP contribution in [0.4, 0.5) is 0 Å². The van der Waals surface area contributed by atoms with Crippen molar-refractivity contribution in [1.29, 1.82) is 0 Å². The number of ether oxygens (including phenoxy) is 3. The third-order valence-corrected chi connectivity index (χ3v) is 9.69. The number of rotatable bonds is 9. The molecule has 0 radical (unpaired) electrons. The van der Waals surface area contributed by atoms with Crippen molar-refractivity contribution in [3.05, 3.63) is 139 Å². The Morgan fingerprint density at radius 1 is 0.980 bits per heavy atom. The van der Waals surface area contributed by atoms with Gasteiger partial charge in [0.2, 0.25) is 0 Å². The normalized spacial score (nSPS) is 14.7. The predicted molar refractivity (Wildman–Crippen MR) is 194 cm³/mol. The van der Waals surface area contributed by atoms with Crippen LogP contribution in [0, 0.1) is 0 Å². The van der Waals surface area contributed by atoms with Crippen molar-refractivity contribution >= 4 is 45.1 Å². The first-order chi connectivity index (χ1) is 23.8. The van der Waals surface area contributed by atoms with Crippen molar-refractivity contribution in [2.45, 2.75) is 46.4 Å². The van der Waals surface area contributed by atoms with Gasteiger partial charge in [0, 0.05) is 29.2 Å². The van der Waals surface area contributed by atoms with Gasteiger partial charge in [-0.2, -0.15) is 0 Å². The van der Waals surface area contributed by atoms with Crippen LogP contribution in [0.25, 0.3) is 27.8 Å². The number of carbonyl (C=O) groups excluding carboxylic acids is 1. The monoisotopic (exact) mass is 671 g/mol. The molecule has 3 heterocycles. The molecular formula is C40H37N3O5S. The zero-order chi connectivity index (χ0) is 34.2. The molecule has 0 bridgehead atoms. The van der Waals surface area contributed by atoms with Gasteiger partial charge in [-0.1, -0.05) is 78.1 Å². The topological polar surface area (TPSA) is 84.1 Å². The number of esters is 1. The van der Waals surface area contributed by atoms with Gasteiger partial charge in [-0.05, 0) is 73.9 Å². The lowest BCUT2D eigenvalue weighted by molar-refractivity contribution is -0.139. The fourth-order valence-electron chi connectivity index (χ4n) is 6.59. The number of fused-ring (bicyclic) bond motifs is 3. The minimum Gasteiger partial charge on any atom is -0.493 e. The SMILES string of the molecule is CCOC(=O)C1=C(C)N=c2s/c(=C/c3cn(Cc4cccc5ccccc45)c4ccccc34)c(=O)n2[C@H]1c1ccc(OC(C)C)c(OC)c1. The third kappa shape index (κ3) is 5.95. The maximum atomic E-state index is 14.4. The highest BCUT2D eigenvalue weighted by molar-refractivity contribution is 7.07. The van der Waals surface area contributed by atoms with Crippen LogP contribution >= 0.6 is 11.3 Å². The van der Waals surface area contributed by atoms with Crippen LogP contribution in [0.5, 0.6) is 11.5 Å². The van der Waals surface area contributed by atoms with Gasteiger partial charge in [-0.3, -0.25) is 9.36 Å². The first-order valence-electron chi connectivity index (χ1n) is 16.4. The highest BCUT2D eigenvalue weighted by Crippen LogP contribution is 2.36. The number of para-hydroxylation sites is 1. The molecule has 0 spiro atoms. The van der Waals surface area contributed by atoms with Crippen molar-refractivity contribution in [1.82, 2.24) is 9.13 Å². The lowest BCUT2D eigenvalue weighted by Gasteiger charge is -2.25. The number of aromatic nitrogens is 2. The third-order valence-electron chi connectivity index (χ3n) is 8.71. The summed E-state index contributed by atoms with van der Waals surface area (Å²) >= 11 is 1.31. The molecule has 7 rings (SSSR count). The average molecular weight is 672 g/mol. The van der Waals surface area contributed by atoms with Crippen molar-refractivity contribution in [2.24, 2.45) is 4.99 Å². The van der Waals surface area contributed by atoms with Crippen LogP contribution in [-0.2, 0) is 16.1 Å². The molecule has 1 aliphatic rings. The molecule has 1 atom stereocenters. The van der Waals surface area contributed by atoms with Crippen LogP contribution in [0.1, 0.15) is 50.4 Å². The quantitative estimate of drug-likeness (QED) is 0.159. The number of benzene rings is 4. The van der Waals surface area contributed by atoms with E-state index < -0.39 is 12.0 Å². The van der Waals surface area contributed by atoms with E-state index >= 15 is 0 Å². The highest BCUT2D eigenvalue weighted by atomic mass is 32.1. The van der Waals surface area contributed by atoms with Gasteiger partial charge < -0.3 is 18.8 Å². The molecule has 2 aromatic heterocycles. The number of hydrogen-bond donors (Lipinski definition) is 0. The smallest absolute Gasteiger partial charge is 0.338 e. The van der Waals surface area contributed by atoms with Crippen molar-refractivity contribution in [3.8, 4) is 11.5 Å². The Bertz CT molecular complexity index is 2440. The van der Waals surface area contributed by atoms with Gasteiger partial charge in [0.1, 0.15) is 0 Å². The van der Waals surface area contributed by atoms with Gasteiger partial charge in [-0.25, -0.2) is 9.79 Å². The summed E-state index contributed by atoms with van der Waals surface area (Å²) in [5.41, 5.74) is 4.47. The van der Waals surface area contributed by atoms with Crippen molar-refractivity contribution in [3.63, 3.8) is 0 Å². The second-order valence-electron chi connectivity index (χ2n) is 12.2. The van der Waals surface area contributed by atoms with Crippen LogP contribution in [0.2, 0.25) is 0 Å². The maximum absolute atomic E-state index is 14.4. The molecule has 1 aliphatic heterocycles. The lowest BCUT2D eigenvalue weighted by atomic mass is 9.95. The molecule has 0 fully saturated rings. The van der Waals surface area contributed by atoms with E-state index in [1.165, 1.54) is 27.7 Å². The minimum atomic E-state index is -0.771. The van der Waals surface area contributed by atoms with E-state index in [1.54, 1.807) is 25.5 Å². The Kier molecular flexibility index (Phi) is 8.69. The molecule has 49 heavy (non-hydrogen) atoms. The van der Waals surface area contributed by atoms with E-state index in [4.69, 9.17) is 19.2 Å². The van der Waals surface area contributed by atoms with Gasteiger partial charge in [-0.15, -0.1) is 0 Å². The highest BCUT2D eigenvalue weighted by Gasteiger charge is 2.34. The summed E-state index contributed by atoms with van der Waals surface area (Å²) in [4.78, 5) is 33.1. The molecule has 248 valence electrons. The van der Waals surface area contributed by atoms with Gasteiger partial charge >= 0.3 is 5.97 Å². The number of nitrogens with zero attached hydrogens (tertiary/aromatic N) is 3. The Hall–Kier alpha value is -5.41. The van der Waals surface area contributed by atoms with E-state index in [0.717, 1.165) is 16.5 Å². The first-order valence-corrected chi connectivity index (χ1v) is 17.2. The fourth-order valence-corrected chi connectivity index (χ4v) is 7.63. The van der Waals surface area contributed by atoms with E-state index in [-0.39, 0.29) is 18.3 Å². The molecule has 0 saturated carbocycles. The van der Waals surface area contributed by atoms with Crippen LogP contribution < -0.4 is 24.4 Å². The minimum absolute atomic E-state index is 0.0624. The zero-order valence-electron chi connectivity index (χ0n) is 28.1. The predicted octanol–water partition coefficient (Wildman–Crippen LogP) is 6.75. The van der Waals surface area contributed by atoms with Crippen molar-refractivity contribution in [2.75, 3.05) is 13.7 Å². The summed E-state index contributed by atoms with van der Waals surface area (Å²) in [5, 5.41) is 3.45. The Morgan fingerprint density at radius 3 is 2.51 bits per heavy atom. The molecule has 0 unspecified atom stereocenters. The van der Waals surface area contributed by atoms with Crippen LogP contribution in [-0.4, -0.2) is 34.9 Å². The number of allylic oxidation sites excluding steroid dienone is 1. The number of carbonyl (C=O) groups is 1. The molecule has 0 saturated heterocycles. The molecule has 9 heteroatoms. The van der Waals surface area contributed by atoms with Crippen LogP contribution in [0.15, 0.2) is 112 Å². The summed E-state index contributed by atoms with van der Waals surface area (Å²) in [6.07, 6.45) is 3.98. The lowest BCUT2D eigenvalue weighted by Crippen LogP contribution is -2.40. The molecule has 0 aliphatic carbocycles. The summed E-state index contributed by atoms with van der Waals surface area (Å²) in [6.45, 7) is 8.30. The van der Waals surface area contributed by atoms with E-state index in [9.17, 15) is 9.59 Å². The zero-order valence-corrected chi connectivity index (χ0v) is 28.9. The molecular weight excluding hydrogens is 635 g/mol. The maximum Gasteiger partial charge on any atom is 0.338 e. The van der Waals surface area contributed by atoms with E-state index in [1.807, 2.05) is 50.3 Å². The number of hydrogen-bond acceptors (Lipinski definition) is 7. The second-order valence-corrected chi connectivity index (χ2v) is 13.3. The van der Waals surface area contributed by atoms with Crippen LogP contribution in [0.3, 0.4) is 0 Å². The molecule has 6 aromatic rings. The summed E-state index contributed by atoms with van der Waals surface area (Å²) < 4.78 is 21.5. The Balaban J connectivity index is 1.37. The standard InChI is InChI=1S/C40H37N3O5S/c1-6-47-39(45)36-25(4)41-40-43(37(36)27-18-19-33(48-24(2)3)34(20-27)46-5)38(44)35(49-40)21-29-23-42(32-17-10-9-16-31(29)32)22-28-14-11-13-26-12-7-8-15-30(26)28/h7-21,23-24,37H,6,22H2,1-5H3/b35-21+/t37-/m0/s1. The summed E-state index contributed by atoms with van der Waals surface area (Å²) in [6, 6.07) is 27.7. The van der Waals surface area contributed by atoms with E-state index in [2.05, 4.69) is 65.4 Å². The summed E-state index contributed by atoms with van der Waals surface area (Å²) in [5.74, 6) is 0.568.